The molecule has 0 bridgehead atoms. The number of nitrogens with one attached hydrogen (secondary N) is 2. The predicted octanol–water partition coefficient (Wildman–Crippen LogP) is 2.45. The molecule has 2 rings (SSSR count). The van der Waals surface area contributed by atoms with E-state index in [1.807, 2.05) is 0 Å². The molecule has 0 saturated heterocycles. The van der Waals surface area contributed by atoms with Crippen LogP contribution in [0.25, 0.3) is 0 Å². The minimum atomic E-state index is -0.0728. The summed E-state index contributed by atoms with van der Waals surface area (Å²) < 4.78 is 0. The highest BCUT2D eigenvalue weighted by atomic mass is 35.5. The van der Waals surface area contributed by atoms with E-state index in [-0.39, 0.29) is 5.91 Å². The zero-order valence-electron chi connectivity index (χ0n) is 9.79. The van der Waals surface area contributed by atoms with Crippen LogP contribution in [0.4, 0.5) is 5.82 Å². The summed E-state index contributed by atoms with van der Waals surface area (Å²) in [5, 5.41) is 6.39. The standard InChI is InChI=1S/C12H16ClN3O/c1-2-5-14-11-7-8(6-10(13)16-11)12(17)15-9-3-4-9/h6-7,9H,2-5H2,1H3,(H,14,16)(H,15,17). The lowest BCUT2D eigenvalue weighted by Crippen LogP contribution is -2.25. The summed E-state index contributed by atoms with van der Waals surface area (Å²) in [7, 11) is 0. The van der Waals surface area contributed by atoms with Gasteiger partial charge in [-0.15, -0.1) is 0 Å². The maximum atomic E-state index is 11.8. The van der Waals surface area contributed by atoms with Crippen molar-refractivity contribution in [2.45, 2.75) is 32.2 Å². The van der Waals surface area contributed by atoms with Gasteiger partial charge in [0.2, 0.25) is 0 Å². The molecule has 1 fully saturated rings. The Hall–Kier alpha value is -1.29. The number of hydrogen-bond donors (Lipinski definition) is 2. The van der Waals surface area contributed by atoms with Gasteiger partial charge < -0.3 is 10.6 Å². The molecule has 1 aromatic heterocycles. The molecule has 2 N–H and O–H groups in total. The molecule has 17 heavy (non-hydrogen) atoms. The molecule has 1 saturated carbocycles. The van der Waals surface area contributed by atoms with Crippen molar-refractivity contribution in [2.75, 3.05) is 11.9 Å². The molecule has 0 aromatic carbocycles. The van der Waals surface area contributed by atoms with Crippen molar-refractivity contribution in [3.63, 3.8) is 0 Å². The minimum Gasteiger partial charge on any atom is -0.370 e. The van der Waals surface area contributed by atoms with E-state index in [9.17, 15) is 4.79 Å². The lowest BCUT2D eigenvalue weighted by atomic mass is 10.2. The molecule has 92 valence electrons. The van der Waals surface area contributed by atoms with Crippen LogP contribution < -0.4 is 10.6 Å². The van der Waals surface area contributed by atoms with Gasteiger partial charge in [-0.1, -0.05) is 18.5 Å². The highest BCUT2D eigenvalue weighted by Crippen LogP contribution is 2.20. The van der Waals surface area contributed by atoms with Crippen molar-refractivity contribution in [2.24, 2.45) is 0 Å². The van der Waals surface area contributed by atoms with E-state index < -0.39 is 0 Å². The van der Waals surface area contributed by atoms with E-state index in [1.54, 1.807) is 12.1 Å². The number of amides is 1. The van der Waals surface area contributed by atoms with Gasteiger partial charge in [-0.3, -0.25) is 4.79 Å². The fourth-order valence-corrected chi connectivity index (χ4v) is 1.68. The number of rotatable bonds is 5. The van der Waals surface area contributed by atoms with Gasteiger partial charge in [-0.05, 0) is 31.4 Å². The summed E-state index contributed by atoms with van der Waals surface area (Å²) in [5.41, 5.74) is 0.565. The summed E-state index contributed by atoms with van der Waals surface area (Å²) in [6, 6.07) is 3.68. The molecule has 1 aromatic rings. The van der Waals surface area contributed by atoms with Crippen LogP contribution in [0.3, 0.4) is 0 Å². The fraction of sp³-hybridized carbons (Fsp3) is 0.500. The zero-order chi connectivity index (χ0) is 12.3. The van der Waals surface area contributed by atoms with Crippen molar-refractivity contribution in [1.29, 1.82) is 0 Å². The number of hydrogen-bond acceptors (Lipinski definition) is 3. The third-order valence-electron chi connectivity index (χ3n) is 2.52. The average molecular weight is 254 g/mol. The molecule has 0 spiro atoms. The first kappa shape index (κ1) is 12.2. The van der Waals surface area contributed by atoms with Crippen LogP contribution >= 0.6 is 11.6 Å². The second-order valence-electron chi connectivity index (χ2n) is 4.24. The van der Waals surface area contributed by atoms with Gasteiger partial charge >= 0.3 is 0 Å². The van der Waals surface area contributed by atoms with Crippen molar-refractivity contribution in [3.05, 3.63) is 22.8 Å². The monoisotopic (exact) mass is 253 g/mol. The SMILES string of the molecule is CCCNc1cc(C(=O)NC2CC2)cc(Cl)n1. The Bertz CT molecular complexity index is 418. The number of nitrogens with zero attached hydrogens (tertiary/aromatic N) is 1. The fourth-order valence-electron chi connectivity index (χ4n) is 1.47. The summed E-state index contributed by atoms with van der Waals surface area (Å²) in [6.07, 6.45) is 3.15. The van der Waals surface area contributed by atoms with E-state index in [0.29, 0.717) is 22.6 Å². The van der Waals surface area contributed by atoms with Gasteiger partial charge in [0.25, 0.3) is 5.91 Å². The van der Waals surface area contributed by atoms with Crippen molar-refractivity contribution in [3.8, 4) is 0 Å². The quantitative estimate of drug-likeness (QED) is 0.793. The van der Waals surface area contributed by atoms with Crippen LogP contribution in [0, 0.1) is 0 Å². The predicted molar refractivity (Wildman–Crippen MR) is 68.5 cm³/mol. The average Bonchev–Trinajstić information content (AvgIpc) is 3.09. The van der Waals surface area contributed by atoms with Gasteiger partial charge in [0.1, 0.15) is 11.0 Å². The number of aromatic nitrogens is 1. The zero-order valence-corrected chi connectivity index (χ0v) is 10.5. The maximum Gasteiger partial charge on any atom is 0.251 e. The first-order valence-corrected chi connectivity index (χ1v) is 6.29. The molecule has 0 radical (unpaired) electrons. The third-order valence-corrected chi connectivity index (χ3v) is 2.72. The summed E-state index contributed by atoms with van der Waals surface area (Å²) in [6.45, 7) is 2.88. The van der Waals surface area contributed by atoms with Crippen LogP contribution in [0.15, 0.2) is 12.1 Å². The van der Waals surface area contributed by atoms with Crippen molar-refractivity contribution < 1.29 is 4.79 Å². The molecule has 1 amide bonds. The van der Waals surface area contributed by atoms with Gasteiger partial charge in [-0.25, -0.2) is 4.98 Å². The number of anilines is 1. The van der Waals surface area contributed by atoms with Gasteiger partial charge in [0.15, 0.2) is 0 Å². The van der Waals surface area contributed by atoms with Crippen LogP contribution in [0.2, 0.25) is 5.15 Å². The Balaban J connectivity index is 2.09. The summed E-state index contributed by atoms with van der Waals surface area (Å²) in [4.78, 5) is 16.0. The highest BCUT2D eigenvalue weighted by Gasteiger charge is 2.24. The molecule has 1 aliphatic carbocycles. The lowest BCUT2D eigenvalue weighted by molar-refractivity contribution is 0.0951. The lowest BCUT2D eigenvalue weighted by Gasteiger charge is -2.08. The molecule has 0 unspecified atom stereocenters. The van der Waals surface area contributed by atoms with Crippen LogP contribution in [0.1, 0.15) is 36.5 Å². The van der Waals surface area contributed by atoms with E-state index in [1.165, 1.54) is 0 Å². The number of carbonyl (C=O) groups is 1. The molecule has 4 nitrogen and oxygen atoms in total. The molecular formula is C12H16ClN3O. The minimum absolute atomic E-state index is 0.0728. The third kappa shape index (κ3) is 3.60. The smallest absolute Gasteiger partial charge is 0.251 e. The van der Waals surface area contributed by atoms with E-state index in [4.69, 9.17) is 11.6 Å². The van der Waals surface area contributed by atoms with Crippen LogP contribution in [-0.4, -0.2) is 23.5 Å². The Labute approximate surface area is 106 Å². The van der Waals surface area contributed by atoms with Crippen LogP contribution in [-0.2, 0) is 0 Å². The largest absolute Gasteiger partial charge is 0.370 e. The van der Waals surface area contributed by atoms with Crippen molar-refractivity contribution >= 4 is 23.3 Å². The molecule has 0 aliphatic heterocycles. The number of pyridine rings is 1. The Morgan fingerprint density at radius 3 is 2.94 bits per heavy atom. The molecular weight excluding hydrogens is 238 g/mol. The normalized spacial score (nSPS) is 14.5. The first-order chi connectivity index (χ1) is 8.19. The number of halogens is 1. The Kier molecular flexibility index (Phi) is 3.84. The molecule has 5 heteroatoms. The van der Waals surface area contributed by atoms with Gasteiger partial charge in [0, 0.05) is 18.2 Å². The summed E-state index contributed by atoms with van der Waals surface area (Å²) >= 11 is 5.89. The maximum absolute atomic E-state index is 11.8. The van der Waals surface area contributed by atoms with E-state index in [2.05, 4.69) is 22.5 Å². The second-order valence-corrected chi connectivity index (χ2v) is 4.63. The van der Waals surface area contributed by atoms with E-state index in [0.717, 1.165) is 25.8 Å². The molecule has 1 heterocycles. The Morgan fingerprint density at radius 1 is 1.53 bits per heavy atom. The second kappa shape index (κ2) is 5.36. The highest BCUT2D eigenvalue weighted by molar-refractivity contribution is 6.29. The van der Waals surface area contributed by atoms with Gasteiger partial charge in [-0.2, -0.15) is 0 Å². The van der Waals surface area contributed by atoms with Crippen molar-refractivity contribution in [1.82, 2.24) is 10.3 Å². The first-order valence-electron chi connectivity index (χ1n) is 5.91. The van der Waals surface area contributed by atoms with Gasteiger partial charge in [0.05, 0.1) is 0 Å². The van der Waals surface area contributed by atoms with E-state index >= 15 is 0 Å². The van der Waals surface area contributed by atoms with Crippen LogP contribution in [0.5, 0.6) is 0 Å². The molecule has 0 atom stereocenters. The Morgan fingerprint density at radius 2 is 2.29 bits per heavy atom. The summed E-state index contributed by atoms with van der Waals surface area (Å²) in [5.74, 6) is 0.580. The number of carbonyl (C=O) groups excluding carboxylic acids is 1. The molecule has 1 aliphatic rings. The topological polar surface area (TPSA) is 54.0 Å².